The van der Waals surface area contributed by atoms with Gasteiger partial charge in [0.15, 0.2) is 5.79 Å². The topological polar surface area (TPSA) is 104 Å². The average molecular weight is 359 g/mol. The van der Waals surface area contributed by atoms with Gasteiger partial charge >= 0.3 is 5.69 Å². The van der Waals surface area contributed by atoms with E-state index in [-0.39, 0.29) is 11.5 Å². The van der Waals surface area contributed by atoms with Crippen LogP contribution in [0.25, 0.3) is 0 Å². The van der Waals surface area contributed by atoms with Crippen LogP contribution in [0, 0.1) is 10.1 Å². The third-order valence-electron chi connectivity index (χ3n) is 3.80. The second kappa shape index (κ2) is 5.39. The molecule has 3 heterocycles. The molecule has 1 aromatic heterocycles. The summed E-state index contributed by atoms with van der Waals surface area (Å²) in [5.41, 5.74) is 5.47. The molecule has 0 bridgehead atoms. The van der Waals surface area contributed by atoms with Gasteiger partial charge in [0.1, 0.15) is 5.82 Å². The van der Waals surface area contributed by atoms with Crippen molar-refractivity contribution in [2.45, 2.75) is 18.6 Å². The van der Waals surface area contributed by atoms with Gasteiger partial charge in [-0.3, -0.25) is 10.1 Å². The van der Waals surface area contributed by atoms with Crippen LogP contribution in [0.1, 0.15) is 12.8 Å². The number of halogens is 1. The molecule has 2 aliphatic heterocycles. The van der Waals surface area contributed by atoms with Crippen LogP contribution in [0.2, 0.25) is 0 Å². The number of nitrogen functional groups attached to an aromatic ring is 1. The van der Waals surface area contributed by atoms with Crippen LogP contribution in [0.5, 0.6) is 0 Å². The van der Waals surface area contributed by atoms with Gasteiger partial charge in [0.05, 0.1) is 22.6 Å². The van der Waals surface area contributed by atoms with E-state index >= 15 is 0 Å². The van der Waals surface area contributed by atoms with Crippen molar-refractivity contribution in [3.05, 3.63) is 20.7 Å². The first kappa shape index (κ1) is 14.5. The minimum atomic E-state index is -0.539. The minimum Gasteiger partial charge on any atom is -0.378 e. The van der Waals surface area contributed by atoms with Crippen molar-refractivity contribution in [2.75, 3.05) is 36.9 Å². The molecule has 0 aliphatic carbocycles. The summed E-state index contributed by atoms with van der Waals surface area (Å²) >= 11 is 3.33. The van der Waals surface area contributed by atoms with E-state index < -0.39 is 10.7 Å². The fourth-order valence-corrected chi connectivity index (χ4v) is 3.25. The third-order valence-corrected chi connectivity index (χ3v) is 4.38. The van der Waals surface area contributed by atoms with E-state index in [4.69, 9.17) is 15.2 Å². The summed E-state index contributed by atoms with van der Waals surface area (Å²) in [7, 11) is 0. The lowest BCUT2D eigenvalue weighted by Gasteiger charge is -2.38. The van der Waals surface area contributed by atoms with E-state index in [0.29, 0.717) is 36.6 Å². The Balaban J connectivity index is 1.79. The van der Waals surface area contributed by atoms with Crippen LogP contribution < -0.4 is 10.6 Å². The first-order chi connectivity index (χ1) is 10.0. The first-order valence-electron chi connectivity index (χ1n) is 6.64. The lowest BCUT2D eigenvalue weighted by Crippen LogP contribution is -2.45. The van der Waals surface area contributed by atoms with Crippen molar-refractivity contribution in [1.29, 1.82) is 0 Å². The van der Waals surface area contributed by atoms with Crippen LogP contribution in [0.4, 0.5) is 17.3 Å². The van der Waals surface area contributed by atoms with E-state index in [0.717, 1.165) is 12.8 Å². The van der Waals surface area contributed by atoms with Crippen LogP contribution in [-0.4, -0.2) is 42.0 Å². The zero-order valence-corrected chi connectivity index (χ0v) is 12.8. The molecule has 2 aliphatic rings. The summed E-state index contributed by atoms with van der Waals surface area (Å²) in [6.45, 7) is 2.66. The van der Waals surface area contributed by atoms with Crippen molar-refractivity contribution in [3.63, 3.8) is 0 Å². The molecule has 3 rings (SSSR count). The van der Waals surface area contributed by atoms with Crippen LogP contribution in [0.3, 0.4) is 0 Å². The van der Waals surface area contributed by atoms with Crippen molar-refractivity contribution in [3.8, 4) is 0 Å². The maximum absolute atomic E-state index is 10.8. The smallest absolute Gasteiger partial charge is 0.312 e. The molecule has 8 nitrogen and oxygen atoms in total. The minimum absolute atomic E-state index is 0.0770. The predicted octanol–water partition coefficient (Wildman–Crippen LogP) is 1.68. The largest absolute Gasteiger partial charge is 0.378 e. The molecule has 0 saturated carbocycles. The number of aromatic nitrogens is 1. The summed E-state index contributed by atoms with van der Waals surface area (Å²) in [5.74, 6) is 0.0766. The first-order valence-corrected chi connectivity index (χ1v) is 7.43. The van der Waals surface area contributed by atoms with E-state index in [2.05, 4.69) is 20.9 Å². The van der Waals surface area contributed by atoms with Crippen molar-refractivity contribution in [1.82, 2.24) is 4.98 Å². The Morgan fingerprint density at radius 1 is 1.38 bits per heavy atom. The number of ether oxygens (including phenoxy) is 2. The van der Waals surface area contributed by atoms with Gasteiger partial charge in [0, 0.05) is 32.0 Å². The van der Waals surface area contributed by atoms with Gasteiger partial charge in [-0.2, -0.15) is 0 Å². The van der Waals surface area contributed by atoms with E-state index in [1.807, 2.05) is 4.90 Å². The molecular weight excluding hydrogens is 344 g/mol. The second-order valence-electron chi connectivity index (χ2n) is 5.05. The van der Waals surface area contributed by atoms with Gasteiger partial charge in [0.25, 0.3) is 0 Å². The monoisotopic (exact) mass is 358 g/mol. The Morgan fingerprint density at radius 2 is 2.00 bits per heavy atom. The molecular formula is C12H15BrN4O4. The van der Waals surface area contributed by atoms with E-state index in [9.17, 15) is 10.1 Å². The predicted molar refractivity (Wildman–Crippen MR) is 79.1 cm³/mol. The fraction of sp³-hybridized carbons (Fsp3) is 0.583. The molecule has 0 radical (unpaired) electrons. The molecule has 2 saturated heterocycles. The lowest BCUT2D eigenvalue weighted by molar-refractivity contribution is -0.384. The number of pyridine rings is 1. The Labute approximate surface area is 129 Å². The fourth-order valence-electron chi connectivity index (χ4n) is 2.70. The Bertz CT molecular complexity index is 567. The molecule has 2 N–H and O–H groups in total. The highest BCUT2D eigenvalue weighted by Crippen LogP contribution is 2.37. The number of hydrogen-bond donors (Lipinski definition) is 1. The second-order valence-corrected chi connectivity index (χ2v) is 5.90. The van der Waals surface area contributed by atoms with E-state index in [1.165, 1.54) is 6.07 Å². The van der Waals surface area contributed by atoms with Gasteiger partial charge in [-0.1, -0.05) is 0 Å². The number of piperidine rings is 1. The van der Waals surface area contributed by atoms with E-state index in [1.54, 1.807) is 0 Å². The van der Waals surface area contributed by atoms with Crippen molar-refractivity contribution >= 4 is 33.3 Å². The van der Waals surface area contributed by atoms with Crippen molar-refractivity contribution < 1.29 is 14.4 Å². The molecule has 1 aromatic rings. The SMILES string of the molecule is Nc1nc(N2CCC3(CC2)OCCO3)c(Br)cc1[N+](=O)[O-]. The number of anilines is 2. The number of nitro groups is 1. The molecule has 2 fully saturated rings. The molecule has 114 valence electrons. The number of rotatable bonds is 2. The standard InChI is InChI=1S/C12H15BrN4O4/c13-8-7-9(17(18)19)10(14)15-11(8)16-3-1-12(2-4-16)20-5-6-21-12/h7H,1-6H2,(H2,14,15). The van der Waals surface area contributed by atoms with Crippen LogP contribution in [0.15, 0.2) is 10.5 Å². The summed E-state index contributed by atoms with van der Waals surface area (Å²) in [5, 5.41) is 10.8. The molecule has 0 amide bonds. The van der Waals surface area contributed by atoms with Gasteiger partial charge in [0.2, 0.25) is 5.82 Å². The highest BCUT2D eigenvalue weighted by molar-refractivity contribution is 9.10. The molecule has 1 spiro atoms. The van der Waals surface area contributed by atoms with Gasteiger partial charge in [-0.05, 0) is 15.9 Å². The number of nitrogens with two attached hydrogens (primary N) is 1. The van der Waals surface area contributed by atoms with Gasteiger partial charge in [-0.25, -0.2) is 4.98 Å². The maximum atomic E-state index is 10.8. The lowest BCUT2D eigenvalue weighted by atomic mass is 10.0. The van der Waals surface area contributed by atoms with Crippen LogP contribution in [-0.2, 0) is 9.47 Å². The molecule has 0 unspecified atom stereocenters. The quantitative estimate of drug-likeness (QED) is 0.633. The van der Waals surface area contributed by atoms with Gasteiger partial charge in [-0.15, -0.1) is 0 Å². The number of nitrogens with zero attached hydrogens (tertiary/aromatic N) is 3. The Kier molecular flexibility index (Phi) is 3.72. The highest BCUT2D eigenvalue weighted by Gasteiger charge is 2.40. The number of hydrogen-bond acceptors (Lipinski definition) is 7. The molecule has 21 heavy (non-hydrogen) atoms. The average Bonchev–Trinajstić information content (AvgIpc) is 2.90. The zero-order valence-electron chi connectivity index (χ0n) is 11.2. The molecule has 0 aromatic carbocycles. The van der Waals surface area contributed by atoms with Gasteiger partial charge < -0.3 is 20.1 Å². The molecule has 9 heteroatoms. The summed E-state index contributed by atoms with van der Waals surface area (Å²) < 4.78 is 11.9. The highest BCUT2D eigenvalue weighted by atomic mass is 79.9. The molecule has 0 atom stereocenters. The Morgan fingerprint density at radius 3 is 2.57 bits per heavy atom. The normalized spacial score (nSPS) is 20.9. The zero-order chi connectivity index (χ0) is 15.0. The Hall–Kier alpha value is -1.45. The summed E-state index contributed by atoms with van der Waals surface area (Å²) in [4.78, 5) is 16.5. The summed E-state index contributed by atoms with van der Waals surface area (Å²) in [6.07, 6.45) is 1.47. The third kappa shape index (κ3) is 2.68. The summed E-state index contributed by atoms with van der Waals surface area (Å²) in [6, 6.07) is 1.39. The van der Waals surface area contributed by atoms with Crippen molar-refractivity contribution in [2.24, 2.45) is 0 Å². The maximum Gasteiger partial charge on any atom is 0.312 e. The van der Waals surface area contributed by atoms with Crippen LogP contribution >= 0.6 is 15.9 Å².